The Balaban J connectivity index is 3.13. The second kappa shape index (κ2) is 5.90. The molecule has 2 nitrogen and oxygen atoms in total. The molecule has 16 heavy (non-hydrogen) atoms. The van der Waals surface area contributed by atoms with Gasteiger partial charge in [0.15, 0.2) is 5.78 Å². The van der Waals surface area contributed by atoms with Crippen molar-refractivity contribution in [1.29, 1.82) is 0 Å². The molecule has 0 amide bonds. The Morgan fingerprint density at radius 3 is 2.62 bits per heavy atom. The van der Waals surface area contributed by atoms with Crippen LogP contribution >= 0.6 is 11.6 Å². The van der Waals surface area contributed by atoms with Crippen molar-refractivity contribution in [2.75, 3.05) is 6.61 Å². The number of rotatable bonds is 5. The lowest BCUT2D eigenvalue weighted by molar-refractivity contribution is 0.0978. The summed E-state index contributed by atoms with van der Waals surface area (Å²) in [6, 6.07) is 3.54. The molecule has 0 radical (unpaired) electrons. The van der Waals surface area contributed by atoms with Crippen LogP contribution in [0.25, 0.3) is 0 Å². The predicted octanol–water partition coefficient (Wildman–Crippen LogP) is 4.03. The highest BCUT2D eigenvalue weighted by Gasteiger charge is 2.13. The maximum atomic E-state index is 11.9. The van der Waals surface area contributed by atoms with E-state index >= 15 is 0 Å². The Hall–Kier alpha value is -1.02. The molecule has 0 aliphatic rings. The van der Waals surface area contributed by atoms with Crippen LogP contribution in [0.1, 0.15) is 42.6 Å². The van der Waals surface area contributed by atoms with Crippen molar-refractivity contribution in [3.63, 3.8) is 0 Å². The van der Waals surface area contributed by atoms with Gasteiger partial charge in [-0.15, -0.1) is 0 Å². The highest BCUT2D eigenvalue weighted by Crippen LogP contribution is 2.28. The summed E-state index contributed by atoms with van der Waals surface area (Å²) in [4.78, 5) is 11.9. The number of hydrogen-bond donors (Lipinski definition) is 0. The van der Waals surface area contributed by atoms with Crippen LogP contribution in [0.15, 0.2) is 12.1 Å². The topological polar surface area (TPSA) is 26.3 Å². The molecule has 1 rings (SSSR count). The second-order valence-corrected chi connectivity index (χ2v) is 4.11. The summed E-state index contributed by atoms with van der Waals surface area (Å²) in [5.41, 5.74) is 1.53. The molecule has 0 atom stereocenters. The Labute approximate surface area is 102 Å². The van der Waals surface area contributed by atoms with Crippen LogP contribution < -0.4 is 4.74 Å². The van der Waals surface area contributed by atoms with Crippen LogP contribution in [0, 0.1) is 6.92 Å². The van der Waals surface area contributed by atoms with Gasteiger partial charge in [0.2, 0.25) is 0 Å². The summed E-state index contributed by atoms with van der Waals surface area (Å²) in [6.45, 7) is 6.33. The van der Waals surface area contributed by atoms with Gasteiger partial charge >= 0.3 is 0 Å². The highest BCUT2D eigenvalue weighted by molar-refractivity contribution is 6.31. The third-order valence-electron chi connectivity index (χ3n) is 2.34. The third-order valence-corrected chi connectivity index (χ3v) is 2.75. The van der Waals surface area contributed by atoms with E-state index in [1.165, 1.54) is 0 Å². The molecule has 0 spiro atoms. The molecular weight excluding hydrogens is 224 g/mol. The minimum absolute atomic E-state index is 0.0906. The van der Waals surface area contributed by atoms with E-state index in [9.17, 15) is 4.79 Å². The lowest BCUT2D eigenvalue weighted by Crippen LogP contribution is -2.04. The molecular formula is C13H17ClO2. The zero-order valence-corrected chi connectivity index (χ0v) is 10.7. The molecule has 1 aromatic rings. The monoisotopic (exact) mass is 240 g/mol. The zero-order chi connectivity index (χ0) is 12.1. The molecule has 0 aliphatic heterocycles. The van der Waals surface area contributed by atoms with Gasteiger partial charge in [0, 0.05) is 11.4 Å². The van der Waals surface area contributed by atoms with E-state index in [2.05, 4.69) is 0 Å². The number of benzene rings is 1. The van der Waals surface area contributed by atoms with Crippen LogP contribution in [0.5, 0.6) is 5.75 Å². The largest absolute Gasteiger partial charge is 0.493 e. The van der Waals surface area contributed by atoms with Gasteiger partial charge in [0.25, 0.3) is 0 Å². The Kier molecular flexibility index (Phi) is 4.81. The summed E-state index contributed by atoms with van der Waals surface area (Å²) in [7, 11) is 0. The number of ether oxygens (including phenoxy) is 1. The number of Topliss-reactive ketones (excluding diaryl/α,β-unsaturated/α-hetero) is 1. The van der Waals surface area contributed by atoms with Crippen LogP contribution in [-0.2, 0) is 0 Å². The normalized spacial score (nSPS) is 10.2. The highest BCUT2D eigenvalue weighted by atomic mass is 35.5. The van der Waals surface area contributed by atoms with Gasteiger partial charge in [0.1, 0.15) is 5.75 Å². The molecule has 0 N–H and O–H groups in total. The molecule has 0 aromatic heterocycles. The lowest BCUT2D eigenvalue weighted by Gasteiger charge is -2.11. The number of hydrogen-bond acceptors (Lipinski definition) is 2. The lowest BCUT2D eigenvalue weighted by atomic mass is 10.0. The average molecular weight is 241 g/mol. The zero-order valence-electron chi connectivity index (χ0n) is 9.97. The first kappa shape index (κ1) is 13.0. The molecule has 0 saturated heterocycles. The number of halogens is 1. The summed E-state index contributed by atoms with van der Waals surface area (Å²) >= 11 is 6.02. The van der Waals surface area contributed by atoms with E-state index in [1.54, 1.807) is 6.07 Å². The Bertz CT molecular complexity index is 386. The number of carbonyl (C=O) groups excluding carboxylic acids is 1. The molecule has 0 fully saturated rings. The number of aryl methyl sites for hydroxylation is 1. The van der Waals surface area contributed by atoms with Gasteiger partial charge < -0.3 is 4.74 Å². The fourth-order valence-electron chi connectivity index (χ4n) is 1.51. The summed E-state index contributed by atoms with van der Waals surface area (Å²) < 4.78 is 5.46. The Morgan fingerprint density at radius 1 is 1.38 bits per heavy atom. The van der Waals surface area contributed by atoms with Crippen molar-refractivity contribution in [3.05, 3.63) is 28.3 Å². The number of ketones is 1. The Morgan fingerprint density at radius 2 is 2.06 bits per heavy atom. The first-order valence-corrected chi connectivity index (χ1v) is 5.94. The van der Waals surface area contributed by atoms with Gasteiger partial charge in [-0.05, 0) is 38.0 Å². The van der Waals surface area contributed by atoms with Gasteiger partial charge in [-0.2, -0.15) is 0 Å². The molecule has 1 aromatic carbocycles. The molecule has 0 aliphatic carbocycles. The smallest absolute Gasteiger partial charge is 0.166 e. The van der Waals surface area contributed by atoms with Crippen LogP contribution in [0.3, 0.4) is 0 Å². The minimum atomic E-state index is 0.0906. The van der Waals surface area contributed by atoms with Crippen molar-refractivity contribution in [2.24, 2.45) is 0 Å². The van der Waals surface area contributed by atoms with E-state index in [0.717, 1.165) is 12.0 Å². The molecule has 0 bridgehead atoms. The fourth-order valence-corrected chi connectivity index (χ4v) is 1.67. The van der Waals surface area contributed by atoms with Crippen LogP contribution in [0.4, 0.5) is 0 Å². The fraction of sp³-hybridized carbons (Fsp3) is 0.462. The maximum Gasteiger partial charge on any atom is 0.166 e. The standard InChI is InChI=1S/C13H17ClO2/c1-4-6-12(15)10-8-11(14)9(3)7-13(10)16-5-2/h7-8H,4-6H2,1-3H3. The van der Waals surface area contributed by atoms with E-state index in [0.29, 0.717) is 29.4 Å². The minimum Gasteiger partial charge on any atom is -0.493 e. The molecule has 0 saturated carbocycles. The molecule has 88 valence electrons. The van der Waals surface area contributed by atoms with E-state index in [1.807, 2.05) is 26.8 Å². The second-order valence-electron chi connectivity index (χ2n) is 3.70. The molecule has 3 heteroatoms. The van der Waals surface area contributed by atoms with Crippen molar-refractivity contribution >= 4 is 17.4 Å². The summed E-state index contributed by atoms with van der Waals surface area (Å²) in [6.07, 6.45) is 1.36. The maximum absolute atomic E-state index is 11.9. The average Bonchev–Trinajstić information content (AvgIpc) is 2.23. The van der Waals surface area contributed by atoms with Crippen molar-refractivity contribution in [2.45, 2.75) is 33.6 Å². The van der Waals surface area contributed by atoms with Crippen molar-refractivity contribution in [3.8, 4) is 5.75 Å². The van der Waals surface area contributed by atoms with Crippen molar-refractivity contribution < 1.29 is 9.53 Å². The third kappa shape index (κ3) is 2.99. The first-order chi connectivity index (χ1) is 7.60. The SMILES string of the molecule is CCCC(=O)c1cc(Cl)c(C)cc1OCC. The van der Waals surface area contributed by atoms with Crippen LogP contribution in [0.2, 0.25) is 5.02 Å². The van der Waals surface area contributed by atoms with E-state index in [-0.39, 0.29) is 5.78 Å². The van der Waals surface area contributed by atoms with Gasteiger partial charge in [-0.3, -0.25) is 4.79 Å². The molecule has 0 unspecified atom stereocenters. The van der Waals surface area contributed by atoms with Gasteiger partial charge in [-0.25, -0.2) is 0 Å². The summed E-state index contributed by atoms with van der Waals surface area (Å²) in [5, 5.41) is 0.614. The van der Waals surface area contributed by atoms with Crippen LogP contribution in [-0.4, -0.2) is 12.4 Å². The van der Waals surface area contributed by atoms with E-state index in [4.69, 9.17) is 16.3 Å². The van der Waals surface area contributed by atoms with E-state index < -0.39 is 0 Å². The summed E-state index contributed by atoms with van der Waals surface area (Å²) in [5.74, 6) is 0.732. The predicted molar refractivity (Wildman–Crippen MR) is 66.6 cm³/mol. The van der Waals surface area contributed by atoms with Gasteiger partial charge in [-0.1, -0.05) is 18.5 Å². The first-order valence-electron chi connectivity index (χ1n) is 5.56. The molecule has 0 heterocycles. The van der Waals surface area contributed by atoms with Crippen molar-refractivity contribution in [1.82, 2.24) is 0 Å². The quantitative estimate of drug-likeness (QED) is 0.727. The van der Waals surface area contributed by atoms with Gasteiger partial charge in [0.05, 0.1) is 12.2 Å². The number of carbonyl (C=O) groups is 1.